The number of anilines is 1. The van der Waals surface area contributed by atoms with Gasteiger partial charge in [0.1, 0.15) is 11.5 Å². The highest BCUT2D eigenvalue weighted by Gasteiger charge is 2.26. The number of hydrogen-bond acceptors (Lipinski definition) is 3. The molecule has 1 aliphatic rings. The molecule has 132 valence electrons. The van der Waals surface area contributed by atoms with Gasteiger partial charge in [-0.15, -0.1) is 0 Å². The number of nitrogens with zero attached hydrogens (tertiary/aromatic N) is 1. The van der Waals surface area contributed by atoms with Gasteiger partial charge >= 0.3 is 5.97 Å². The van der Waals surface area contributed by atoms with Crippen LogP contribution in [0, 0.1) is 0 Å². The van der Waals surface area contributed by atoms with Crippen molar-refractivity contribution in [2.75, 3.05) is 19.0 Å². The van der Waals surface area contributed by atoms with Crippen molar-refractivity contribution in [3.05, 3.63) is 58.6 Å². The largest absolute Gasteiger partial charge is 0.478 e. The summed E-state index contributed by atoms with van der Waals surface area (Å²) in [5, 5.41) is 8.80. The van der Waals surface area contributed by atoms with Gasteiger partial charge in [0.15, 0.2) is 0 Å². The molecule has 25 heavy (non-hydrogen) atoms. The molecular weight excluding hydrogens is 314 g/mol. The number of aliphatic carboxylic acids is 1. The third-order valence-electron chi connectivity index (χ3n) is 4.89. The van der Waals surface area contributed by atoms with Crippen LogP contribution in [0.3, 0.4) is 0 Å². The highest BCUT2D eigenvalue weighted by Crippen LogP contribution is 2.39. The quantitative estimate of drug-likeness (QED) is 0.816. The summed E-state index contributed by atoms with van der Waals surface area (Å²) in [5.41, 5.74) is 5.14. The van der Waals surface area contributed by atoms with Crippen LogP contribution in [0.15, 0.2) is 34.8 Å². The van der Waals surface area contributed by atoms with Gasteiger partial charge in [0, 0.05) is 43.8 Å². The highest BCUT2D eigenvalue weighted by molar-refractivity contribution is 5.84. The van der Waals surface area contributed by atoms with Crippen molar-refractivity contribution in [1.82, 2.24) is 0 Å². The highest BCUT2D eigenvalue weighted by atomic mass is 16.4. The Hall–Kier alpha value is -2.49. The summed E-state index contributed by atoms with van der Waals surface area (Å²) in [7, 11) is 4.15. The molecule has 2 aromatic rings. The monoisotopic (exact) mass is 339 g/mol. The van der Waals surface area contributed by atoms with Crippen LogP contribution in [0.5, 0.6) is 0 Å². The first-order chi connectivity index (χ1) is 12.0. The number of hydrogen-bond donors (Lipinski definition) is 1. The fraction of sp³-hybridized carbons (Fsp3) is 0.381. The zero-order valence-electron chi connectivity index (χ0n) is 15.1. The van der Waals surface area contributed by atoms with Crippen molar-refractivity contribution in [3.63, 3.8) is 0 Å². The van der Waals surface area contributed by atoms with E-state index in [1.807, 2.05) is 6.07 Å². The van der Waals surface area contributed by atoms with Crippen molar-refractivity contribution in [2.24, 2.45) is 0 Å². The van der Waals surface area contributed by atoms with E-state index in [0.29, 0.717) is 11.7 Å². The summed E-state index contributed by atoms with van der Waals surface area (Å²) in [6.07, 6.45) is 6.76. The van der Waals surface area contributed by atoms with Crippen molar-refractivity contribution in [1.29, 1.82) is 0 Å². The van der Waals surface area contributed by atoms with Gasteiger partial charge in [-0.2, -0.15) is 0 Å². The Kier molecular flexibility index (Phi) is 4.98. The Balaban J connectivity index is 1.96. The van der Waals surface area contributed by atoms with Crippen LogP contribution in [0.25, 0.3) is 6.08 Å². The zero-order chi connectivity index (χ0) is 18.0. The van der Waals surface area contributed by atoms with Crippen molar-refractivity contribution in [3.8, 4) is 0 Å². The lowest BCUT2D eigenvalue weighted by atomic mass is 9.81. The number of carbonyl (C=O) groups is 1. The minimum atomic E-state index is -0.960. The lowest BCUT2D eigenvalue weighted by Gasteiger charge is -2.24. The molecule has 0 saturated heterocycles. The van der Waals surface area contributed by atoms with E-state index >= 15 is 0 Å². The van der Waals surface area contributed by atoms with E-state index in [4.69, 9.17) is 9.52 Å². The molecule has 1 N–H and O–H groups in total. The third-order valence-corrected chi connectivity index (χ3v) is 4.89. The van der Waals surface area contributed by atoms with Gasteiger partial charge in [0.05, 0.1) is 0 Å². The first kappa shape index (κ1) is 17.3. The average Bonchev–Trinajstić information content (AvgIpc) is 3.02. The molecule has 4 heteroatoms. The third kappa shape index (κ3) is 3.63. The first-order valence-corrected chi connectivity index (χ1v) is 8.83. The molecule has 0 radical (unpaired) electrons. The lowest BCUT2D eigenvalue weighted by Crippen LogP contribution is -2.13. The second kappa shape index (κ2) is 7.18. The Morgan fingerprint density at radius 2 is 2.16 bits per heavy atom. The standard InChI is InChI=1S/C21H25NO3/c1-4-14-12-15(8-10-19(14)22(2)3)17-6-5-7-20-18(17)13-16(25-20)9-11-21(23)24/h8-13,17H,4-7H2,1-3H3,(H,23,24)/b11-9+. The molecule has 1 atom stereocenters. The molecule has 0 amide bonds. The van der Waals surface area contributed by atoms with Crippen LogP contribution in [0.4, 0.5) is 5.69 Å². The molecule has 0 fully saturated rings. The number of rotatable bonds is 5. The van der Waals surface area contributed by atoms with Crippen LogP contribution in [0.2, 0.25) is 0 Å². The maximum absolute atomic E-state index is 10.7. The van der Waals surface area contributed by atoms with Gasteiger partial charge in [-0.3, -0.25) is 0 Å². The smallest absolute Gasteiger partial charge is 0.328 e. The topological polar surface area (TPSA) is 53.7 Å². The molecule has 1 aliphatic carbocycles. The molecule has 1 heterocycles. The number of aryl methyl sites for hydroxylation is 2. The number of fused-ring (bicyclic) bond motifs is 1. The molecule has 1 unspecified atom stereocenters. The van der Waals surface area contributed by atoms with Crippen molar-refractivity contribution < 1.29 is 14.3 Å². The molecule has 1 aromatic carbocycles. The zero-order valence-corrected chi connectivity index (χ0v) is 15.1. The maximum Gasteiger partial charge on any atom is 0.328 e. The minimum absolute atomic E-state index is 0.320. The molecule has 0 aliphatic heterocycles. The van der Waals surface area contributed by atoms with E-state index in [1.54, 1.807) is 0 Å². The van der Waals surface area contributed by atoms with Crippen LogP contribution < -0.4 is 4.90 Å². The first-order valence-electron chi connectivity index (χ1n) is 8.83. The van der Waals surface area contributed by atoms with E-state index in [-0.39, 0.29) is 0 Å². The molecular formula is C21H25NO3. The van der Waals surface area contributed by atoms with Gasteiger partial charge in [-0.05, 0) is 48.6 Å². The Morgan fingerprint density at radius 1 is 1.36 bits per heavy atom. The summed E-state index contributed by atoms with van der Waals surface area (Å²) in [5.74, 6) is 0.981. The van der Waals surface area contributed by atoms with Crippen molar-refractivity contribution >= 4 is 17.7 Å². The SMILES string of the molecule is CCc1cc(C2CCCc3oc(/C=C/C(=O)O)cc32)ccc1N(C)C. The lowest BCUT2D eigenvalue weighted by molar-refractivity contribution is -0.131. The fourth-order valence-electron chi connectivity index (χ4n) is 3.70. The molecule has 0 spiro atoms. The molecule has 1 aromatic heterocycles. The summed E-state index contributed by atoms with van der Waals surface area (Å²) in [4.78, 5) is 12.9. The van der Waals surface area contributed by atoms with E-state index in [9.17, 15) is 4.79 Å². The minimum Gasteiger partial charge on any atom is -0.478 e. The summed E-state index contributed by atoms with van der Waals surface area (Å²) in [6, 6.07) is 8.74. The normalized spacial score (nSPS) is 16.8. The number of benzene rings is 1. The van der Waals surface area contributed by atoms with E-state index in [2.05, 4.69) is 44.1 Å². The fourth-order valence-corrected chi connectivity index (χ4v) is 3.70. The van der Waals surface area contributed by atoms with Crippen LogP contribution in [0.1, 0.15) is 53.9 Å². The van der Waals surface area contributed by atoms with Crippen molar-refractivity contribution in [2.45, 2.75) is 38.5 Å². The predicted molar refractivity (Wildman–Crippen MR) is 100 cm³/mol. The second-order valence-corrected chi connectivity index (χ2v) is 6.78. The molecule has 0 saturated carbocycles. The van der Waals surface area contributed by atoms with Gasteiger partial charge < -0.3 is 14.4 Å². The average molecular weight is 339 g/mol. The number of carboxylic acids is 1. The summed E-state index contributed by atoms with van der Waals surface area (Å²) < 4.78 is 5.87. The van der Waals surface area contributed by atoms with E-state index in [0.717, 1.165) is 37.5 Å². The number of carboxylic acid groups (broad SMARTS) is 1. The van der Waals surface area contributed by atoms with Gasteiger partial charge in [-0.25, -0.2) is 4.79 Å². The Labute approximate surface area is 148 Å². The van der Waals surface area contributed by atoms with E-state index < -0.39 is 5.97 Å². The summed E-state index contributed by atoms with van der Waals surface area (Å²) in [6.45, 7) is 2.19. The van der Waals surface area contributed by atoms with E-state index in [1.165, 1.54) is 28.5 Å². The maximum atomic E-state index is 10.7. The van der Waals surface area contributed by atoms with Crippen LogP contribution in [-0.4, -0.2) is 25.2 Å². The summed E-state index contributed by atoms with van der Waals surface area (Å²) >= 11 is 0. The van der Waals surface area contributed by atoms with Gasteiger partial charge in [-0.1, -0.05) is 19.1 Å². The Morgan fingerprint density at radius 3 is 2.84 bits per heavy atom. The number of furan rings is 1. The van der Waals surface area contributed by atoms with Gasteiger partial charge in [0.25, 0.3) is 0 Å². The second-order valence-electron chi connectivity index (χ2n) is 6.78. The molecule has 0 bridgehead atoms. The predicted octanol–water partition coefficient (Wildman–Crippen LogP) is 4.47. The van der Waals surface area contributed by atoms with Crippen LogP contribution in [-0.2, 0) is 17.6 Å². The molecule has 4 nitrogen and oxygen atoms in total. The van der Waals surface area contributed by atoms with Crippen LogP contribution >= 0.6 is 0 Å². The van der Waals surface area contributed by atoms with Gasteiger partial charge in [0.2, 0.25) is 0 Å². The molecule has 3 rings (SSSR count). The Bertz CT molecular complexity index is 801.